The Labute approximate surface area is 178 Å². The van der Waals surface area contributed by atoms with Crippen molar-refractivity contribution in [1.29, 1.82) is 0 Å². The maximum atomic E-state index is 12.8. The number of rotatable bonds is 5. The summed E-state index contributed by atoms with van der Waals surface area (Å²) in [5, 5.41) is 4.16. The highest BCUT2D eigenvalue weighted by molar-refractivity contribution is 7.18. The van der Waals surface area contributed by atoms with Gasteiger partial charge >= 0.3 is 6.18 Å². The van der Waals surface area contributed by atoms with Crippen LogP contribution in [-0.4, -0.2) is 66.4 Å². The maximum Gasteiger partial charge on any atom is 0.393 e. The lowest BCUT2D eigenvalue weighted by molar-refractivity contribution is -0.126. The predicted octanol–water partition coefficient (Wildman–Crippen LogP) is 3.55. The minimum absolute atomic E-state index is 0.284. The van der Waals surface area contributed by atoms with Crippen molar-refractivity contribution in [3.8, 4) is 0 Å². The quantitative estimate of drug-likeness (QED) is 0.772. The summed E-state index contributed by atoms with van der Waals surface area (Å²) in [5.74, 6) is 2.19. The van der Waals surface area contributed by atoms with E-state index in [4.69, 9.17) is 0 Å². The van der Waals surface area contributed by atoms with Crippen molar-refractivity contribution in [1.82, 2.24) is 20.2 Å². The lowest BCUT2D eigenvalue weighted by Gasteiger charge is -2.56. The number of hydrogen-bond donors (Lipinski definition) is 1. The molecular formula is C21H28F3N5S. The second kappa shape index (κ2) is 7.31. The Morgan fingerprint density at radius 3 is 2.63 bits per heavy atom. The molecule has 0 saturated carbocycles. The second-order valence-electron chi connectivity index (χ2n) is 9.65. The predicted molar refractivity (Wildman–Crippen MR) is 113 cm³/mol. The molecule has 3 aliphatic rings. The van der Waals surface area contributed by atoms with E-state index in [-0.39, 0.29) is 5.41 Å². The van der Waals surface area contributed by atoms with Gasteiger partial charge < -0.3 is 10.2 Å². The van der Waals surface area contributed by atoms with E-state index in [1.807, 2.05) is 0 Å². The number of alkyl halides is 3. The van der Waals surface area contributed by atoms with Crippen molar-refractivity contribution in [2.45, 2.75) is 38.9 Å². The molecule has 1 N–H and O–H groups in total. The van der Waals surface area contributed by atoms with Gasteiger partial charge in [0.15, 0.2) is 0 Å². The molecule has 0 aliphatic carbocycles. The first-order chi connectivity index (χ1) is 14.2. The van der Waals surface area contributed by atoms with E-state index in [1.165, 1.54) is 6.33 Å². The molecule has 2 aromatic heterocycles. The van der Waals surface area contributed by atoms with Gasteiger partial charge in [-0.3, -0.25) is 4.90 Å². The van der Waals surface area contributed by atoms with Gasteiger partial charge in [0.25, 0.3) is 0 Å². The van der Waals surface area contributed by atoms with Gasteiger partial charge in [0.05, 0.1) is 11.8 Å². The average molecular weight is 440 g/mol. The number of aromatic nitrogens is 2. The van der Waals surface area contributed by atoms with Crippen molar-refractivity contribution >= 4 is 27.4 Å². The first-order valence-electron chi connectivity index (χ1n) is 10.7. The van der Waals surface area contributed by atoms with Crippen molar-refractivity contribution < 1.29 is 13.2 Å². The molecule has 0 bridgehead atoms. The molecule has 3 aliphatic heterocycles. The molecule has 2 aromatic rings. The molecule has 5 rings (SSSR count). The number of likely N-dealkylation sites (tertiary alicyclic amines) is 1. The number of nitrogens with one attached hydrogen (secondary N) is 1. The third-order valence-corrected chi connectivity index (χ3v) is 7.99. The molecule has 30 heavy (non-hydrogen) atoms. The molecule has 3 saturated heterocycles. The Morgan fingerprint density at radius 1 is 1.23 bits per heavy atom. The smallest absolute Gasteiger partial charge is 0.355 e. The molecular weight excluding hydrogens is 411 g/mol. The summed E-state index contributed by atoms with van der Waals surface area (Å²) in [7, 11) is 0. The van der Waals surface area contributed by atoms with Crippen LogP contribution in [-0.2, 0) is 6.42 Å². The lowest BCUT2D eigenvalue weighted by Crippen LogP contribution is -2.66. The fourth-order valence-electron chi connectivity index (χ4n) is 5.65. The van der Waals surface area contributed by atoms with Crippen LogP contribution in [0, 0.1) is 17.3 Å². The van der Waals surface area contributed by atoms with Crippen LogP contribution in [0.15, 0.2) is 12.4 Å². The number of halogens is 3. The van der Waals surface area contributed by atoms with Gasteiger partial charge in [-0.25, -0.2) is 9.97 Å². The Kier molecular flexibility index (Phi) is 4.98. The topological polar surface area (TPSA) is 44.3 Å². The van der Waals surface area contributed by atoms with Crippen LogP contribution >= 0.6 is 11.3 Å². The van der Waals surface area contributed by atoms with E-state index in [9.17, 15) is 13.2 Å². The molecule has 164 valence electrons. The zero-order valence-corrected chi connectivity index (χ0v) is 18.2. The summed E-state index contributed by atoms with van der Waals surface area (Å²) in [4.78, 5) is 14.6. The standard InChI is InChI=1S/C21H28F3N5S/c1-13(2)17(14-7-25-8-14)29-10-20(11-29)3-4-28(9-20)18-16-5-15(6-21(22,23)24)30-19(16)27-12-26-18/h5,12-14,17,25H,3-4,6-11H2,1-2H3/t17-/m1/s1. The van der Waals surface area contributed by atoms with Crippen LogP contribution in [0.4, 0.5) is 19.0 Å². The molecule has 1 atom stereocenters. The monoisotopic (exact) mass is 439 g/mol. The minimum atomic E-state index is -4.20. The van der Waals surface area contributed by atoms with Crippen LogP contribution in [0.5, 0.6) is 0 Å². The zero-order chi connectivity index (χ0) is 21.1. The Hall–Kier alpha value is -1.45. The van der Waals surface area contributed by atoms with Crippen LogP contribution in [0.3, 0.4) is 0 Å². The Balaban J connectivity index is 1.30. The number of hydrogen-bond acceptors (Lipinski definition) is 6. The van der Waals surface area contributed by atoms with Crippen LogP contribution in [0.25, 0.3) is 10.2 Å². The highest BCUT2D eigenvalue weighted by atomic mass is 32.1. The van der Waals surface area contributed by atoms with E-state index in [0.717, 1.165) is 74.1 Å². The summed E-state index contributed by atoms with van der Waals surface area (Å²) in [6.07, 6.45) is -2.51. The molecule has 0 unspecified atom stereocenters. The van der Waals surface area contributed by atoms with Crippen molar-refractivity contribution in [3.63, 3.8) is 0 Å². The number of anilines is 1. The number of thiophene rings is 1. The van der Waals surface area contributed by atoms with E-state index in [2.05, 4.69) is 38.9 Å². The SMILES string of the molecule is CC(C)[C@H](C1CNC1)N1CC2(CCN(c3ncnc4sc(CC(F)(F)F)cc34)C2)C1. The third-order valence-electron chi connectivity index (χ3n) is 6.95. The van der Waals surface area contributed by atoms with Crippen molar-refractivity contribution in [2.75, 3.05) is 44.2 Å². The summed E-state index contributed by atoms with van der Waals surface area (Å²) in [5.41, 5.74) is 0.284. The molecule has 3 fully saturated rings. The summed E-state index contributed by atoms with van der Waals surface area (Å²) >= 11 is 1.12. The van der Waals surface area contributed by atoms with Gasteiger partial charge in [-0.1, -0.05) is 13.8 Å². The highest BCUT2D eigenvalue weighted by Crippen LogP contribution is 2.45. The zero-order valence-electron chi connectivity index (χ0n) is 17.4. The summed E-state index contributed by atoms with van der Waals surface area (Å²) < 4.78 is 38.5. The van der Waals surface area contributed by atoms with Crippen molar-refractivity contribution in [2.24, 2.45) is 17.3 Å². The number of nitrogens with zero attached hydrogens (tertiary/aromatic N) is 4. The molecule has 1 spiro atoms. The van der Waals surface area contributed by atoms with Gasteiger partial charge in [-0.2, -0.15) is 13.2 Å². The van der Waals surface area contributed by atoms with Crippen LogP contribution in [0.2, 0.25) is 0 Å². The minimum Gasteiger partial charge on any atom is -0.355 e. The summed E-state index contributed by atoms with van der Waals surface area (Å²) in [6, 6.07) is 2.28. The van der Waals surface area contributed by atoms with Gasteiger partial charge in [-0.15, -0.1) is 11.3 Å². The molecule has 0 aromatic carbocycles. The molecule has 0 radical (unpaired) electrons. The van der Waals surface area contributed by atoms with Crippen LogP contribution < -0.4 is 10.2 Å². The third kappa shape index (κ3) is 3.69. The second-order valence-corrected chi connectivity index (χ2v) is 10.8. The normalized spacial score (nSPS) is 23.3. The Bertz CT molecular complexity index is 917. The number of fused-ring (bicyclic) bond motifs is 1. The maximum absolute atomic E-state index is 12.8. The van der Waals surface area contributed by atoms with Gasteiger partial charge in [0.1, 0.15) is 17.0 Å². The van der Waals surface area contributed by atoms with Gasteiger partial charge in [-0.05, 0) is 24.3 Å². The fraction of sp³-hybridized carbons (Fsp3) is 0.714. The molecule has 5 heterocycles. The molecule has 5 nitrogen and oxygen atoms in total. The van der Waals surface area contributed by atoms with E-state index < -0.39 is 12.6 Å². The van der Waals surface area contributed by atoms with Crippen LogP contribution in [0.1, 0.15) is 25.1 Å². The Morgan fingerprint density at radius 2 is 2.00 bits per heavy atom. The fourth-order valence-corrected chi connectivity index (χ4v) is 6.67. The van der Waals surface area contributed by atoms with Crippen molar-refractivity contribution in [3.05, 3.63) is 17.3 Å². The average Bonchev–Trinajstić information content (AvgIpc) is 3.18. The molecule has 9 heteroatoms. The lowest BCUT2D eigenvalue weighted by atomic mass is 9.74. The van der Waals surface area contributed by atoms with Gasteiger partial charge in [0, 0.05) is 55.6 Å². The molecule has 0 amide bonds. The van der Waals surface area contributed by atoms with Gasteiger partial charge in [0.2, 0.25) is 0 Å². The van der Waals surface area contributed by atoms with E-state index in [1.54, 1.807) is 6.07 Å². The van der Waals surface area contributed by atoms with E-state index >= 15 is 0 Å². The largest absolute Gasteiger partial charge is 0.393 e. The highest BCUT2D eigenvalue weighted by Gasteiger charge is 2.51. The first kappa shape index (κ1) is 20.5. The summed E-state index contributed by atoms with van der Waals surface area (Å²) in [6.45, 7) is 10.9. The van der Waals surface area contributed by atoms with E-state index in [0.29, 0.717) is 21.7 Å². The first-order valence-corrected chi connectivity index (χ1v) is 11.5.